The maximum atomic E-state index is 13.4. The molecule has 12 unspecified atom stereocenters. The van der Waals surface area contributed by atoms with E-state index in [2.05, 4.69) is 153 Å². The Balaban J connectivity index is 1.64. The first kappa shape index (κ1) is 94.2. The number of hydrogen-bond donors (Lipinski definition) is 9. The molecule has 2 aliphatic rings. The van der Waals surface area contributed by atoms with Gasteiger partial charge >= 0.3 is 0 Å². The molecule has 2 rings (SSSR count). The van der Waals surface area contributed by atoms with E-state index in [1.807, 2.05) is 0 Å². The topological polar surface area (TPSA) is 228 Å². The molecule has 586 valence electrons. The number of rotatable bonds is 68. The van der Waals surface area contributed by atoms with Crippen LogP contribution in [0.4, 0.5) is 0 Å². The molecule has 14 heteroatoms. The van der Waals surface area contributed by atoms with Crippen molar-refractivity contribution < 1.29 is 64.6 Å². The Hall–Kier alpha value is -3.87. The molecule has 14 nitrogen and oxygen atoms in total. The molecular formula is C88H151NO13. The fourth-order valence-corrected chi connectivity index (χ4v) is 12.9. The molecule has 12 atom stereocenters. The fourth-order valence-electron chi connectivity index (χ4n) is 12.9. The van der Waals surface area contributed by atoms with Crippen molar-refractivity contribution in [2.24, 2.45) is 0 Å². The summed E-state index contributed by atoms with van der Waals surface area (Å²) in [6.07, 6.45) is 87.7. The van der Waals surface area contributed by atoms with E-state index in [0.717, 1.165) is 116 Å². The first-order valence-corrected chi connectivity index (χ1v) is 41.4. The maximum absolute atomic E-state index is 13.4. The van der Waals surface area contributed by atoms with Gasteiger partial charge in [-0.15, -0.1) is 0 Å². The van der Waals surface area contributed by atoms with Gasteiger partial charge in [0.05, 0.1) is 32.0 Å². The van der Waals surface area contributed by atoms with Gasteiger partial charge in [-0.1, -0.05) is 353 Å². The number of unbranched alkanes of at least 4 members (excludes halogenated alkanes) is 33. The number of allylic oxidation sites excluding steroid dienone is 22. The van der Waals surface area contributed by atoms with Crippen molar-refractivity contribution in [2.75, 3.05) is 19.8 Å². The van der Waals surface area contributed by atoms with Crippen molar-refractivity contribution in [3.63, 3.8) is 0 Å². The van der Waals surface area contributed by atoms with Crippen LogP contribution in [0, 0.1) is 0 Å². The van der Waals surface area contributed by atoms with Crippen LogP contribution < -0.4 is 5.32 Å². The minimum Gasteiger partial charge on any atom is -0.394 e. The lowest BCUT2D eigenvalue weighted by Gasteiger charge is -2.46. The van der Waals surface area contributed by atoms with E-state index in [-0.39, 0.29) is 18.9 Å². The fraction of sp³-hybridized carbons (Fsp3) is 0.739. The summed E-state index contributed by atoms with van der Waals surface area (Å²) < 4.78 is 23.0. The molecule has 9 N–H and O–H groups in total. The lowest BCUT2D eigenvalue weighted by atomic mass is 9.97. The largest absolute Gasteiger partial charge is 0.394 e. The number of amides is 1. The van der Waals surface area contributed by atoms with Crippen LogP contribution in [0.15, 0.2) is 134 Å². The van der Waals surface area contributed by atoms with Crippen LogP contribution in [0.5, 0.6) is 0 Å². The van der Waals surface area contributed by atoms with Crippen molar-refractivity contribution in [1.82, 2.24) is 5.32 Å². The Morgan fingerprint density at radius 3 is 1.03 bits per heavy atom. The molecule has 0 aromatic heterocycles. The van der Waals surface area contributed by atoms with Crippen molar-refractivity contribution in [1.29, 1.82) is 0 Å². The molecule has 2 heterocycles. The SMILES string of the molecule is CC/C=C\C/C=C\C/C=C\C/C=C\C/C=C\C/C=C\C/C=C\C/C=C\C/C=C\C/C=C\C/C=C\CCCCCC(=O)NC(COC1OC(CO)C(OC2OC(CO)C(O)C(O)C2O)C(O)C1O)C(O)CCCCCCCCCCCCCCCCCCCCCCCCCCCCCCCCC. The van der Waals surface area contributed by atoms with Crippen LogP contribution in [-0.4, -0.2) is 140 Å². The van der Waals surface area contributed by atoms with E-state index in [4.69, 9.17) is 18.9 Å². The van der Waals surface area contributed by atoms with Crippen LogP contribution in [0.1, 0.15) is 322 Å². The molecule has 1 amide bonds. The number of carbonyl (C=O) groups excluding carboxylic acids is 1. The highest BCUT2D eigenvalue weighted by molar-refractivity contribution is 5.76. The Morgan fingerprint density at radius 1 is 0.363 bits per heavy atom. The van der Waals surface area contributed by atoms with E-state index >= 15 is 0 Å². The summed E-state index contributed by atoms with van der Waals surface area (Å²) in [5.74, 6) is -0.240. The molecule has 0 aromatic carbocycles. The first-order chi connectivity index (χ1) is 50.1. The summed E-state index contributed by atoms with van der Waals surface area (Å²) in [6.45, 7) is 2.76. The monoisotopic (exact) mass is 1430 g/mol. The van der Waals surface area contributed by atoms with E-state index in [1.54, 1.807) is 0 Å². The molecule has 0 radical (unpaired) electrons. The van der Waals surface area contributed by atoms with E-state index < -0.39 is 86.8 Å². The number of nitrogens with one attached hydrogen (secondary N) is 1. The second-order valence-electron chi connectivity index (χ2n) is 28.5. The highest BCUT2D eigenvalue weighted by atomic mass is 16.7. The molecule has 2 aliphatic heterocycles. The standard InChI is InChI=1S/C88H151NO13/c1-3-5-7-9-11-13-15-17-19-21-23-25-27-29-31-33-35-36-37-38-39-40-42-44-46-48-50-52-54-56-58-60-62-64-66-68-70-72-80(93)89-76(75-99-87-85(98)83(96)86(79(74-91)101-87)102-88-84(97)82(95)81(94)78(73-90)100-88)77(92)71-69-67-65-63-61-59-57-55-53-51-49-47-45-43-41-34-32-30-28-26-24-22-20-18-16-14-12-10-8-6-4-2/h5,7,11,13,17,19,23,25,29,31,35-36,38-39,42,44,48,50,54,56,60,62,76-79,81-88,90-92,94-98H,3-4,6,8-10,12,14-16,18,20-22,24,26-28,30,32-34,37,40-41,43,45-47,49,51-53,55,57-59,61,63-75H2,1-2H3,(H,89,93)/b7-5-,13-11-,19-17-,25-23-,31-29-,36-35-,39-38-,44-42-,50-48-,56-54-,62-60-. The number of carbonyl (C=O) groups is 1. The lowest BCUT2D eigenvalue weighted by Crippen LogP contribution is -2.65. The third kappa shape index (κ3) is 52.2. The second-order valence-corrected chi connectivity index (χ2v) is 28.5. The predicted molar refractivity (Wildman–Crippen MR) is 424 cm³/mol. The van der Waals surface area contributed by atoms with Gasteiger partial charge in [0.25, 0.3) is 0 Å². The molecule has 0 bridgehead atoms. The van der Waals surface area contributed by atoms with Gasteiger partial charge in [0.2, 0.25) is 5.91 Å². The molecule has 0 spiro atoms. The van der Waals surface area contributed by atoms with Gasteiger partial charge in [0.1, 0.15) is 48.8 Å². The molecule has 102 heavy (non-hydrogen) atoms. The third-order valence-corrected chi connectivity index (χ3v) is 19.4. The lowest BCUT2D eigenvalue weighted by molar-refractivity contribution is -0.359. The van der Waals surface area contributed by atoms with Gasteiger partial charge < -0.3 is 65.1 Å². The zero-order valence-electron chi connectivity index (χ0n) is 64.3. The molecule has 0 saturated carbocycles. The molecule has 2 saturated heterocycles. The highest BCUT2D eigenvalue weighted by Gasteiger charge is 2.51. The zero-order valence-corrected chi connectivity index (χ0v) is 64.3. The number of ether oxygens (including phenoxy) is 4. The Morgan fingerprint density at radius 2 is 0.676 bits per heavy atom. The van der Waals surface area contributed by atoms with Gasteiger partial charge in [-0.3, -0.25) is 4.79 Å². The molecule has 0 aliphatic carbocycles. The third-order valence-electron chi connectivity index (χ3n) is 19.4. The van der Waals surface area contributed by atoms with Crippen LogP contribution in [0.2, 0.25) is 0 Å². The summed E-state index contributed by atoms with van der Waals surface area (Å²) in [5, 5.41) is 87.9. The van der Waals surface area contributed by atoms with Crippen molar-refractivity contribution in [3.8, 4) is 0 Å². The van der Waals surface area contributed by atoms with Crippen molar-refractivity contribution in [3.05, 3.63) is 134 Å². The second kappa shape index (κ2) is 70.1. The molecule has 2 fully saturated rings. The predicted octanol–water partition coefficient (Wildman–Crippen LogP) is 19.4. The summed E-state index contributed by atoms with van der Waals surface area (Å²) >= 11 is 0. The average Bonchev–Trinajstić information content (AvgIpc) is 0.790. The molecule has 0 aromatic rings. The highest BCUT2D eigenvalue weighted by Crippen LogP contribution is 2.30. The quantitative estimate of drug-likeness (QED) is 0.0204. The van der Waals surface area contributed by atoms with E-state index in [1.165, 1.54) is 173 Å². The smallest absolute Gasteiger partial charge is 0.220 e. The summed E-state index contributed by atoms with van der Waals surface area (Å²) in [4.78, 5) is 13.4. The van der Waals surface area contributed by atoms with Crippen LogP contribution in [-0.2, 0) is 23.7 Å². The Labute approximate surface area is 621 Å². The van der Waals surface area contributed by atoms with E-state index in [9.17, 15) is 45.6 Å². The normalized spacial score (nSPS) is 22.4. The summed E-state index contributed by atoms with van der Waals surface area (Å²) in [5.41, 5.74) is 0. The first-order valence-electron chi connectivity index (χ1n) is 41.4. The zero-order chi connectivity index (χ0) is 73.7. The Bertz CT molecular complexity index is 2230. The van der Waals surface area contributed by atoms with Gasteiger partial charge in [-0.2, -0.15) is 0 Å². The number of hydrogen-bond acceptors (Lipinski definition) is 13. The number of aliphatic hydroxyl groups is 8. The minimum absolute atomic E-state index is 0.240. The summed E-state index contributed by atoms with van der Waals surface area (Å²) in [6, 6.07) is -0.860. The summed E-state index contributed by atoms with van der Waals surface area (Å²) in [7, 11) is 0. The van der Waals surface area contributed by atoms with Crippen LogP contribution in [0.3, 0.4) is 0 Å². The van der Waals surface area contributed by atoms with Gasteiger partial charge in [0.15, 0.2) is 12.6 Å². The number of aliphatic hydroxyl groups excluding tert-OH is 8. The van der Waals surface area contributed by atoms with E-state index in [0.29, 0.717) is 12.8 Å². The Kier molecular flexibility index (Phi) is 64.8. The van der Waals surface area contributed by atoms with Crippen molar-refractivity contribution >= 4 is 5.91 Å². The maximum Gasteiger partial charge on any atom is 0.220 e. The van der Waals surface area contributed by atoms with Crippen LogP contribution in [0.25, 0.3) is 0 Å². The minimum atomic E-state index is -1.79. The average molecular weight is 1430 g/mol. The molecular weight excluding hydrogens is 1280 g/mol. The van der Waals surface area contributed by atoms with Crippen LogP contribution >= 0.6 is 0 Å². The van der Waals surface area contributed by atoms with Gasteiger partial charge in [-0.25, -0.2) is 0 Å². The van der Waals surface area contributed by atoms with Gasteiger partial charge in [-0.05, 0) is 96.3 Å². The van der Waals surface area contributed by atoms with Gasteiger partial charge in [0, 0.05) is 6.42 Å². The van der Waals surface area contributed by atoms with Crippen molar-refractivity contribution in [2.45, 2.75) is 396 Å².